The van der Waals surface area contributed by atoms with Crippen LogP contribution in [0.5, 0.6) is 0 Å². The molecule has 0 bridgehead atoms. The van der Waals surface area contributed by atoms with Crippen molar-refractivity contribution in [1.29, 1.82) is 0 Å². The first kappa shape index (κ1) is 18.1. The molecule has 3 aromatic rings. The maximum atomic E-state index is 12.7. The summed E-state index contributed by atoms with van der Waals surface area (Å²) in [7, 11) is 0. The van der Waals surface area contributed by atoms with Crippen molar-refractivity contribution < 1.29 is 14.1 Å². The molecule has 7 heteroatoms. The number of nitro benzene ring substituents is 1. The van der Waals surface area contributed by atoms with Crippen molar-refractivity contribution in [2.75, 3.05) is 0 Å². The lowest BCUT2D eigenvalue weighted by molar-refractivity contribution is -0.385. The topological polar surface area (TPSA) is 89.5 Å². The molecule has 0 aliphatic rings. The molecule has 27 heavy (non-hydrogen) atoms. The number of para-hydroxylation sites is 1. The smallest absolute Gasteiger partial charge is 0.276 e. The highest BCUT2D eigenvalue weighted by atomic mass is 16.6. The summed E-state index contributed by atoms with van der Waals surface area (Å²) < 4.78 is 5.34. The summed E-state index contributed by atoms with van der Waals surface area (Å²) in [4.78, 5) is 29.0. The molecular formula is C20H17N3O4. The van der Waals surface area contributed by atoms with Gasteiger partial charge in [0.2, 0.25) is 5.91 Å². The van der Waals surface area contributed by atoms with Gasteiger partial charge in [-0.25, -0.2) is 0 Å². The van der Waals surface area contributed by atoms with Gasteiger partial charge in [-0.3, -0.25) is 19.9 Å². The van der Waals surface area contributed by atoms with Gasteiger partial charge in [0.15, 0.2) is 0 Å². The Morgan fingerprint density at radius 2 is 2.00 bits per heavy atom. The highest BCUT2D eigenvalue weighted by Crippen LogP contribution is 2.19. The van der Waals surface area contributed by atoms with Gasteiger partial charge in [0.05, 0.1) is 23.3 Å². The Morgan fingerprint density at radius 3 is 2.70 bits per heavy atom. The largest absolute Gasteiger partial charge is 0.467 e. The van der Waals surface area contributed by atoms with Crippen molar-refractivity contribution in [2.24, 2.45) is 0 Å². The van der Waals surface area contributed by atoms with Gasteiger partial charge in [-0.1, -0.05) is 18.2 Å². The molecule has 0 unspecified atom stereocenters. The number of carbonyl (C=O) groups excluding carboxylic acids is 1. The Hall–Kier alpha value is -3.74. The van der Waals surface area contributed by atoms with Crippen LogP contribution in [0.4, 0.5) is 5.69 Å². The second-order valence-corrected chi connectivity index (χ2v) is 5.78. The van der Waals surface area contributed by atoms with Gasteiger partial charge in [0.25, 0.3) is 5.69 Å². The Labute approximate surface area is 155 Å². The minimum atomic E-state index is -0.472. The van der Waals surface area contributed by atoms with Crippen molar-refractivity contribution in [2.45, 2.75) is 13.1 Å². The minimum absolute atomic E-state index is 0.0496. The van der Waals surface area contributed by atoms with E-state index in [4.69, 9.17) is 4.42 Å². The molecule has 0 radical (unpaired) electrons. The zero-order valence-electron chi connectivity index (χ0n) is 14.4. The molecule has 1 amide bonds. The summed E-state index contributed by atoms with van der Waals surface area (Å²) in [5.74, 6) is 0.361. The first-order chi connectivity index (χ1) is 13.1. The average molecular weight is 363 g/mol. The molecule has 0 N–H and O–H groups in total. The molecule has 0 aliphatic heterocycles. The zero-order valence-corrected chi connectivity index (χ0v) is 14.4. The van der Waals surface area contributed by atoms with E-state index in [9.17, 15) is 14.9 Å². The van der Waals surface area contributed by atoms with E-state index in [0.717, 1.165) is 5.56 Å². The number of rotatable bonds is 7. The van der Waals surface area contributed by atoms with Crippen LogP contribution in [0.15, 0.2) is 77.7 Å². The number of nitrogens with zero attached hydrogens (tertiary/aromatic N) is 3. The molecule has 1 aromatic carbocycles. The average Bonchev–Trinajstić information content (AvgIpc) is 3.19. The van der Waals surface area contributed by atoms with Gasteiger partial charge in [0, 0.05) is 31.1 Å². The van der Waals surface area contributed by atoms with E-state index in [2.05, 4.69) is 4.98 Å². The maximum Gasteiger partial charge on any atom is 0.276 e. The fraction of sp³-hybridized carbons (Fsp3) is 0.100. The number of hydrogen-bond acceptors (Lipinski definition) is 5. The number of amides is 1. The fourth-order valence-corrected chi connectivity index (χ4v) is 2.58. The number of furan rings is 1. The van der Waals surface area contributed by atoms with Crippen LogP contribution in [0.1, 0.15) is 16.9 Å². The summed E-state index contributed by atoms with van der Waals surface area (Å²) in [5, 5.41) is 11.1. The molecule has 0 fully saturated rings. The molecule has 2 aromatic heterocycles. The Balaban J connectivity index is 1.81. The second-order valence-electron chi connectivity index (χ2n) is 5.78. The predicted octanol–water partition coefficient (Wildman–Crippen LogP) is 3.83. The summed E-state index contributed by atoms with van der Waals surface area (Å²) in [6.45, 7) is 0.622. The van der Waals surface area contributed by atoms with E-state index in [1.807, 2.05) is 6.07 Å². The molecule has 0 spiro atoms. The molecule has 3 rings (SSSR count). The van der Waals surface area contributed by atoms with E-state index < -0.39 is 4.92 Å². The Bertz CT molecular complexity index is 937. The van der Waals surface area contributed by atoms with Crippen LogP contribution in [0, 0.1) is 10.1 Å². The number of hydrogen-bond donors (Lipinski definition) is 0. The van der Waals surface area contributed by atoms with Crippen LogP contribution in [-0.2, 0) is 17.9 Å². The summed E-state index contributed by atoms with van der Waals surface area (Å²) >= 11 is 0. The Kier molecular flexibility index (Phi) is 5.73. The summed E-state index contributed by atoms with van der Waals surface area (Å²) in [6, 6.07) is 13.5. The molecule has 2 heterocycles. The van der Waals surface area contributed by atoms with Crippen molar-refractivity contribution in [3.63, 3.8) is 0 Å². The fourth-order valence-electron chi connectivity index (χ4n) is 2.58. The molecule has 0 atom stereocenters. The highest BCUT2D eigenvalue weighted by molar-refractivity contribution is 5.92. The third-order valence-corrected chi connectivity index (χ3v) is 3.87. The normalized spacial score (nSPS) is 10.8. The van der Waals surface area contributed by atoms with Gasteiger partial charge in [-0.2, -0.15) is 0 Å². The lowest BCUT2D eigenvalue weighted by atomic mass is 10.1. The van der Waals surface area contributed by atoms with Crippen LogP contribution in [-0.4, -0.2) is 20.7 Å². The summed E-state index contributed by atoms with van der Waals surface area (Å²) in [5.41, 5.74) is 1.19. The van der Waals surface area contributed by atoms with Crippen LogP contribution in [0.2, 0.25) is 0 Å². The number of nitro groups is 1. The molecule has 7 nitrogen and oxygen atoms in total. The third kappa shape index (κ3) is 4.88. The van der Waals surface area contributed by atoms with Gasteiger partial charge in [0.1, 0.15) is 5.76 Å². The monoisotopic (exact) mass is 363 g/mol. The van der Waals surface area contributed by atoms with Crippen LogP contribution in [0.25, 0.3) is 6.08 Å². The number of pyridine rings is 1. The lowest BCUT2D eigenvalue weighted by Crippen LogP contribution is -2.28. The van der Waals surface area contributed by atoms with E-state index in [1.54, 1.807) is 60.0 Å². The first-order valence-electron chi connectivity index (χ1n) is 8.25. The standard InChI is InChI=1S/C20H17N3O4/c24-20(10-9-17-6-1-2-8-19(17)23(25)26)22(15-18-7-4-12-27-18)14-16-5-3-11-21-13-16/h1-13H,14-15H2. The van der Waals surface area contributed by atoms with Gasteiger partial charge in [-0.15, -0.1) is 0 Å². The van der Waals surface area contributed by atoms with Crippen molar-refractivity contribution in [3.05, 3.63) is 100 Å². The SMILES string of the molecule is O=C(C=Cc1ccccc1[N+](=O)[O-])N(Cc1cccnc1)Cc1ccco1. The van der Waals surface area contributed by atoms with Crippen molar-refractivity contribution in [1.82, 2.24) is 9.88 Å². The van der Waals surface area contributed by atoms with E-state index >= 15 is 0 Å². The Morgan fingerprint density at radius 1 is 1.15 bits per heavy atom. The minimum Gasteiger partial charge on any atom is -0.467 e. The third-order valence-electron chi connectivity index (χ3n) is 3.87. The van der Waals surface area contributed by atoms with Crippen molar-refractivity contribution >= 4 is 17.7 Å². The molecule has 0 saturated carbocycles. The van der Waals surface area contributed by atoms with E-state index in [0.29, 0.717) is 17.9 Å². The van der Waals surface area contributed by atoms with E-state index in [-0.39, 0.29) is 18.1 Å². The number of aromatic nitrogens is 1. The molecular weight excluding hydrogens is 346 g/mol. The lowest BCUT2D eigenvalue weighted by Gasteiger charge is -2.20. The highest BCUT2D eigenvalue weighted by Gasteiger charge is 2.15. The van der Waals surface area contributed by atoms with Gasteiger partial charge >= 0.3 is 0 Å². The summed E-state index contributed by atoms with van der Waals surface area (Å²) in [6.07, 6.45) is 7.69. The maximum absolute atomic E-state index is 12.7. The van der Waals surface area contributed by atoms with Crippen LogP contribution >= 0.6 is 0 Å². The number of carbonyl (C=O) groups is 1. The van der Waals surface area contributed by atoms with Gasteiger partial charge < -0.3 is 9.32 Å². The van der Waals surface area contributed by atoms with Crippen LogP contribution in [0.3, 0.4) is 0 Å². The predicted molar refractivity (Wildman–Crippen MR) is 99.3 cm³/mol. The number of benzene rings is 1. The first-order valence-corrected chi connectivity index (χ1v) is 8.25. The second kappa shape index (κ2) is 8.57. The van der Waals surface area contributed by atoms with Crippen molar-refractivity contribution in [3.8, 4) is 0 Å². The van der Waals surface area contributed by atoms with Gasteiger partial charge in [-0.05, 0) is 35.9 Å². The molecule has 0 aliphatic carbocycles. The zero-order chi connectivity index (χ0) is 19.1. The molecule has 0 saturated heterocycles. The van der Waals surface area contributed by atoms with Crippen LogP contribution < -0.4 is 0 Å². The quantitative estimate of drug-likeness (QED) is 0.362. The molecule has 136 valence electrons. The van der Waals surface area contributed by atoms with E-state index in [1.165, 1.54) is 18.2 Å².